The van der Waals surface area contributed by atoms with E-state index in [1.165, 1.54) is 5.56 Å². The SMILES string of the molecule is Cc1ccc(-c2noc(C3(C)CCNC3)n2)cc1Br. The number of aryl methyl sites for hydroxylation is 1. The van der Waals surface area contributed by atoms with Crippen LogP contribution in [0.1, 0.15) is 24.8 Å². The fraction of sp³-hybridized carbons (Fsp3) is 0.429. The van der Waals surface area contributed by atoms with Gasteiger partial charge in [-0.3, -0.25) is 0 Å². The summed E-state index contributed by atoms with van der Waals surface area (Å²) in [6.07, 6.45) is 1.03. The maximum absolute atomic E-state index is 5.46. The Morgan fingerprint density at radius 3 is 2.95 bits per heavy atom. The van der Waals surface area contributed by atoms with E-state index in [0.29, 0.717) is 5.82 Å². The monoisotopic (exact) mass is 321 g/mol. The number of nitrogens with one attached hydrogen (secondary N) is 1. The first-order chi connectivity index (χ1) is 9.08. The predicted molar refractivity (Wildman–Crippen MR) is 77.0 cm³/mol. The van der Waals surface area contributed by atoms with E-state index < -0.39 is 0 Å². The van der Waals surface area contributed by atoms with E-state index in [1.807, 2.05) is 18.2 Å². The Kier molecular flexibility index (Phi) is 3.19. The quantitative estimate of drug-likeness (QED) is 0.923. The highest BCUT2D eigenvalue weighted by Gasteiger charge is 2.36. The second-order valence-electron chi connectivity index (χ2n) is 5.37. The van der Waals surface area contributed by atoms with Crippen LogP contribution in [0.25, 0.3) is 11.4 Å². The van der Waals surface area contributed by atoms with Crippen molar-refractivity contribution in [2.45, 2.75) is 25.7 Å². The van der Waals surface area contributed by atoms with E-state index in [1.54, 1.807) is 0 Å². The molecule has 2 aromatic rings. The van der Waals surface area contributed by atoms with E-state index in [9.17, 15) is 0 Å². The van der Waals surface area contributed by atoms with Gasteiger partial charge in [-0.25, -0.2) is 0 Å². The fourth-order valence-corrected chi connectivity index (χ4v) is 2.70. The van der Waals surface area contributed by atoms with Crippen molar-refractivity contribution in [2.75, 3.05) is 13.1 Å². The van der Waals surface area contributed by atoms with Gasteiger partial charge in [0.1, 0.15) is 0 Å². The second-order valence-corrected chi connectivity index (χ2v) is 6.23. The summed E-state index contributed by atoms with van der Waals surface area (Å²) in [5.74, 6) is 1.38. The van der Waals surface area contributed by atoms with E-state index in [4.69, 9.17) is 4.52 Å². The lowest BCUT2D eigenvalue weighted by Crippen LogP contribution is -2.25. The lowest BCUT2D eigenvalue weighted by atomic mass is 9.90. The minimum absolute atomic E-state index is 0.0345. The smallest absolute Gasteiger partial charge is 0.234 e. The third-order valence-electron chi connectivity index (χ3n) is 3.74. The zero-order valence-corrected chi connectivity index (χ0v) is 12.6. The van der Waals surface area contributed by atoms with Crippen LogP contribution in [0.4, 0.5) is 0 Å². The van der Waals surface area contributed by atoms with E-state index in [2.05, 4.69) is 45.2 Å². The van der Waals surface area contributed by atoms with E-state index in [0.717, 1.165) is 35.4 Å². The van der Waals surface area contributed by atoms with Crippen molar-refractivity contribution in [3.05, 3.63) is 34.1 Å². The summed E-state index contributed by atoms with van der Waals surface area (Å²) in [7, 11) is 0. The van der Waals surface area contributed by atoms with Crippen molar-refractivity contribution < 1.29 is 4.52 Å². The zero-order valence-electron chi connectivity index (χ0n) is 11.0. The van der Waals surface area contributed by atoms with Gasteiger partial charge in [-0.15, -0.1) is 0 Å². The van der Waals surface area contributed by atoms with Crippen molar-refractivity contribution in [2.24, 2.45) is 0 Å². The number of rotatable bonds is 2. The predicted octanol–water partition coefficient (Wildman–Crippen LogP) is 3.06. The molecule has 19 heavy (non-hydrogen) atoms. The van der Waals surface area contributed by atoms with Gasteiger partial charge in [-0.2, -0.15) is 4.98 Å². The third-order valence-corrected chi connectivity index (χ3v) is 4.60. The molecule has 1 saturated heterocycles. The van der Waals surface area contributed by atoms with Crippen LogP contribution in [0.3, 0.4) is 0 Å². The maximum Gasteiger partial charge on any atom is 0.234 e. The minimum atomic E-state index is -0.0345. The summed E-state index contributed by atoms with van der Waals surface area (Å²) in [4.78, 5) is 4.57. The number of hydrogen-bond acceptors (Lipinski definition) is 4. The molecule has 0 amide bonds. The summed E-state index contributed by atoms with van der Waals surface area (Å²) < 4.78 is 6.52. The first-order valence-corrected chi connectivity index (χ1v) is 7.19. The van der Waals surface area contributed by atoms with Crippen LogP contribution in [-0.2, 0) is 5.41 Å². The Hall–Kier alpha value is -1.20. The molecule has 0 aliphatic carbocycles. The molecule has 1 N–H and O–H groups in total. The number of halogens is 1. The fourth-order valence-electron chi connectivity index (χ4n) is 2.32. The molecule has 0 spiro atoms. The minimum Gasteiger partial charge on any atom is -0.338 e. The summed E-state index contributed by atoms with van der Waals surface area (Å²) in [5.41, 5.74) is 2.13. The lowest BCUT2D eigenvalue weighted by Gasteiger charge is -2.15. The third kappa shape index (κ3) is 2.32. The Labute approximate surface area is 120 Å². The molecule has 5 heteroatoms. The van der Waals surface area contributed by atoms with Crippen LogP contribution in [-0.4, -0.2) is 23.2 Å². The van der Waals surface area contributed by atoms with Crippen LogP contribution in [0.15, 0.2) is 27.2 Å². The highest BCUT2D eigenvalue weighted by molar-refractivity contribution is 9.10. The Balaban J connectivity index is 1.94. The zero-order chi connectivity index (χ0) is 13.5. The van der Waals surface area contributed by atoms with Crippen molar-refractivity contribution in [3.63, 3.8) is 0 Å². The summed E-state index contributed by atoms with van der Waals surface area (Å²) >= 11 is 3.53. The van der Waals surface area contributed by atoms with Gasteiger partial charge >= 0.3 is 0 Å². The van der Waals surface area contributed by atoms with E-state index in [-0.39, 0.29) is 5.41 Å². The molecule has 4 nitrogen and oxygen atoms in total. The first kappa shape index (κ1) is 12.8. The number of nitrogens with zero attached hydrogens (tertiary/aromatic N) is 2. The number of aromatic nitrogens is 2. The topological polar surface area (TPSA) is 51.0 Å². The largest absolute Gasteiger partial charge is 0.338 e. The average molecular weight is 322 g/mol. The average Bonchev–Trinajstić information content (AvgIpc) is 3.02. The Bertz CT molecular complexity index is 602. The second kappa shape index (κ2) is 4.72. The van der Waals surface area contributed by atoms with Gasteiger partial charge in [0.05, 0.1) is 5.41 Å². The van der Waals surface area contributed by atoms with Crippen molar-refractivity contribution in [1.29, 1.82) is 0 Å². The summed E-state index contributed by atoms with van der Waals surface area (Å²) in [6.45, 7) is 6.12. The van der Waals surface area contributed by atoms with Crippen molar-refractivity contribution in [1.82, 2.24) is 15.5 Å². The molecule has 1 fully saturated rings. The highest BCUT2D eigenvalue weighted by Crippen LogP contribution is 2.31. The van der Waals surface area contributed by atoms with Gasteiger partial charge in [-0.05, 0) is 38.4 Å². The molecule has 0 saturated carbocycles. The summed E-state index contributed by atoms with van der Waals surface area (Å²) in [5, 5.41) is 7.45. The molecule has 1 aliphatic heterocycles. The highest BCUT2D eigenvalue weighted by atomic mass is 79.9. The molecule has 1 unspecified atom stereocenters. The lowest BCUT2D eigenvalue weighted by molar-refractivity contribution is 0.306. The van der Waals surface area contributed by atoms with Gasteiger partial charge < -0.3 is 9.84 Å². The molecule has 100 valence electrons. The Morgan fingerprint density at radius 2 is 2.26 bits per heavy atom. The van der Waals surface area contributed by atoms with Crippen LogP contribution in [0.2, 0.25) is 0 Å². The molecule has 0 radical (unpaired) electrons. The summed E-state index contributed by atoms with van der Waals surface area (Å²) in [6, 6.07) is 6.09. The van der Waals surface area contributed by atoms with Crippen LogP contribution in [0, 0.1) is 6.92 Å². The molecule has 1 aromatic carbocycles. The molecule has 3 rings (SSSR count). The van der Waals surface area contributed by atoms with Crippen LogP contribution < -0.4 is 5.32 Å². The molecule has 1 aromatic heterocycles. The number of hydrogen-bond donors (Lipinski definition) is 1. The van der Waals surface area contributed by atoms with Crippen LogP contribution in [0.5, 0.6) is 0 Å². The molecule has 1 atom stereocenters. The molecular weight excluding hydrogens is 306 g/mol. The van der Waals surface area contributed by atoms with Crippen molar-refractivity contribution >= 4 is 15.9 Å². The maximum atomic E-state index is 5.46. The number of benzene rings is 1. The van der Waals surface area contributed by atoms with Gasteiger partial charge in [-0.1, -0.05) is 33.2 Å². The van der Waals surface area contributed by atoms with Gasteiger partial charge in [0.25, 0.3) is 0 Å². The molecule has 1 aliphatic rings. The van der Waals surface area contributed by atoms with Gasteiger partial charge in [0.15, 0.2) is 0 Å². The Morgan fingerprint density at radius 1 is 1.42 bits per heavy atom. The van der Waals surface area contributed by atoms with E-state index >= 15 is 0 Å². The molecule has 2 heterocycles. The molecule has 0 bridgehead atoms. The first-order valence-electron chi connectivity index (χ1n) is 6.40. The van der Waals surface area contributed by atoms with Crippen LogP contribution >= 0.6 is 15.9 Å². The van der Waals surface area contributed by atoms with Gasteiger partial charge in [0, 0.05) is 16.6 Å². The normalized spacial score (nSPS) is 22.9. The van der Waals surface area contributed by atoms with Gasteiger partial charge in [0.2, 0.25) is 11.7 Å². The standard InChI is InChI=1S/C14H16BrN3O/c1-9-3-4-10(7-11(9)15)12-17-13(19-18-12)14(2)5-6-16-8-14/h3-4,7,16H,5-6,8H2,1-2H3. The van der Waals surface area contributed by atoms with Crippen molar-refractivity contribution in [3.8, 4) is 11.4 Å². The molecular formula is C14H16BrN3O.